The fraction of sp³-hybridized carbons (Fsp3) is 0.267. The number of benzene rings is 3. The van der Waals surface area contributed by atoms with Crippen molar-refractivity contribution in [2.24, 2.45) is 0 Å². The summed E-state index contributed by atoms with van der Waals surface area (Å²) >= 11 is 0. The third-order valence-electron chi connectivity index (χ3n) is 7.59. The Bertz CT molecular complexity index is 1760. The molecular formula is C30H30N6O5S. The van der Waals surface area contributed by atoms with Gasteiger partial charge in [0.25, 0.3) is 5.91 Å². The van der Waals surface area contributed by atoms with Gasteiger partial charge in [0.05, 0.1) is 12.1 Å². The molecule has 0 spiro atoms. The highest BCUT2D eigenvalue weighted by Crippen LogP contribution is 2.32. The highest BCUT2D eigenvalue weighted by atomic mass is 32.2. The number of amides is 1. The number of aromatic nitrogens is 2. The first-order valence-corrected chi connectivity index (χ1v) is 15.1. The second kappa shape index (κ2) is 11.5. The van der Waals surface area contributed by atoms with Crippen LogP contribution in [0.4, 0.5) is 5.95 Å². The van der Waals surface area contributed by atoms with Crippen LogP contribution < -0.4 is 16.4 Å². The van der Waals surface area contributed by atoms with Crippen LogP contribution in [0, 0.1) is 0 Å². The smallest absolute Gasteiger partial charge is 0.342 e. The lowest BCUT2D eigenvalue weighted by Gasteiger charge is -2.23. The summed E-state index contributed by atoms with van der Waals surface area (Å²) in [5.41, 5.74) is 9.47. The van der Waals surface area contributed by atoms with Gasteiger partial charge in [0.1, 0.15) is 10.6 Å². The van der Waals surface area contributed by atoms with Crippen molar-refractivity contribution >= 4 is 38.8 Å². The van der Waals surface area contributed by atoms with Gasteiger partial charge in [0.2, 0.25) is 5.95 Å². The van der Waals surface area contributed by atoms with Gasteiger partial charge in [-0.3, -0.25) is 4.79 Å². The van der Waals surface area contributed by atoms with Crippen LogP contribution in [0.25, 0.3) is 22.0 Å². The van der Waals surface area contributed by atoms with Crippen LogP contribution in [-0.2, 0) is 32.2 Å². The summed E-state index contributed by atoms with van der Waals surface area (Å²) in [5, 5.41) is 6.74. The molecule has 4 N–H and O–H groups in total. The number of hydrogen-bond acceptors (Lipinski definition) is 10. The van der Waals surface area contributed by atoms with Crippen LogP contribution in [0.3, 0.4) is 0 Å². The highest BCUT2D eigenvalue weighted by Gasteiger charge is 2.28. The summed E-state index contributed by atoms with van der Waals surface area (Å²) < 4.78 is 31.5. The van der Waals surface area contributed by atoms with Crippen molar-refractivity contribution in [1.29, 1.82) is 0 Å². The van der Waals surface area contributed by atoms with Crippen LogP contribution in [0.2, 0.25) is 0 Å². The van der Waals surface area contributed by atoms with Crippen molar-refractivity contribution in [1.82, 2.24) is 25.5 Å². The Morgan fingerprint density at radius 3 is 2.40 bits per heavy atom. The Kier molecular flexibility index (Phi) is 7.58. The minimum Gasteiger partial charge on any atom is -0.368 e. The molecule has 1 fully saturated rings. The Morgan fingerprint density at radius 2 is 1.67 bits per heavy atom. The van der Waals surface area contributed by atoms with Gasteiger partial charge in [0, 0.05) is 30.1 Å². The van der Waals surface area contributed by atoms with E-state index < -0.39 is 16.1 Å². The number of nitrogens with one attached hydrogen (secondary N) is 2. The van der Waals surface area contributed by atoms with Gasteiger partial charge in [-0.2, -0.15) is 8.42 Å². The molecule has 3 heterocycles. The zero-order valence-corrected chi connectivity index (χ0v) is 23.6. The molecule has 0 saturated carbocycles. The molecule has 216 valence electrons. The maximum absolute atomic E-state index is 13.7. The Hall–Kier alpha value is -4.39. The summed E-state index contributed by atoms with van der Waals surface area (Å²) in [6, 6.07) is 19.2. The summed E-state index contributed by atoms with van der Waals surface area (Å²) in [6.07, 6.45) is 1.69. The van der Waals surface area contributed by atoms with Crippen molar-refractivity contribution in [2.45, 2.75) is 36.9 Å². The molecule has 0 bridgehead atoms. The number of piperidine rings is 1. The van der Waals surface area contributed by atoms with Gasteiger partial charge in [-0.1, -0.05) is 48.5 Å². The van der Waals surface area contributed by atoms with Crippen molar-refractivity contribution in [2.75, 3.05) is 25.4 Å². The molecule has 1 saturated heterocycles. The normalized spacial score (nSPS) is 15.5. The average molecular weight is 587 g/mol. The van der Waals surface area contributed by atoms with Crippen molar-refractivity contribution in [3.05, 3.63) is 83.6 Å². The van der Waals surface area contributed by atoms with Crippen molar-refractivity contribution in [3.63, 3.8) is 0 Å². The lowest BCUT2D eigenvalue weighted by Crippen LogP contribution is -2.42. The molecule has 11 nitrogen and oxygen atoms in total. The number of carbonyl (C=O) groups is 2. The fourth-order valence-electron chi connectivity index (χ4n) is 5.48. The second-order valence-electron chi connectivity index (χ2n) is 10.4. The predicted octanol–water partition coefficient (Wildman–Crippen LogP) is 2.61. The van der Waals surface area contributed by atoms with Crippen molar-refractivity contribution < 1.29 is 22.2 Å². The zero-order chi connectivity index (χ0) is 29.3. The molecule has 1 aromatic heterocycles. The van der Waals surface area contributed by atoms with E-state index in [0.29, 0.717) is 35.1 Å². The molecular weight excluding hydrogens is 556 g/mol. The molecule has 0 radical (unpaired) electrons. The summed E-state index contributed by atoms with van der Waals surface area (Å²) in [4.78, 5) is 36.3. The minimum absolute atomic E-state index is 0.0386. The van der Waals surface area contributed by atoms with E-state index in [9.17, 15) is 18.0 Å². The van der Waals surface area contributed by atoms with Crippen LogP contribution in [0.5, 0.6) is 0 Å². The van der Waals surface area contributed by atoms with E-state index >= 15 is 0 Å². The number of anilines is 1. The van der Waals surface area contributed by atoms with Gasteiger partial charge < -0.3 is 25.5 Å². The monoisotopic (exact) mass is 586 g/mol. The van der Waals surface area contributed by atoms with Crippen LogP contribution in [0.15, 0.2) is 71.6 Å². The van der Waals surface area contributed by atoms with E-state index in [1.807, 2.05) is 24.3 Å². The van der Waals surface area contributed by atoms with Crippen LogP contribution in [-0.4, -0.2) is 60.8 Å². The minimum atomic E-state index is -4.45. The lowest BCUT2D eigenvalue weighted by atomic mass is 10.0. The zero-order valence-electron chi connectivity index (χ0n) is 22.7. The van der Waals surface area contributed by atoms with E-state index in [4.69, 9.17) is 9.92 Å². The van der Waals surface area contributed by atoms with E-state index in [1.54, 1.807) is 41.3 Å². The van der Waals surface area contributed by atoms with E-state index in [1.165, 1.54) is 6.07 Å². The maximum atomic E-state index is 13.7. The Balaban J connectivity index is 1.29. The van der Waals surface area contributed by atoms with Gasteiger partial charge in [-0.25, -0.2) is 14.8 Å². The predicted molar refractivity (Wildman–Crippen MR) is 157 cm³/mol. The topological polar surface area (TPSA) is 157 Å². The lowest BCUT2D eigenvalue weighted by molar-refractivity contribution is -0.133. The molecule has 0 aliphatic carbocycles. The van der Waals surface area contributed by atoms with E-state index in [-0.39, 0.29) is 35.0 Å². The first-order chi connectivity index (χ1) is 20.3. The van der Waals surface area contributed by atoms with E-state index in [2.05, 4.69) is 20.6 Å². The number of rotatable bonds is 7. The third-order valence-corrected chi connectivity index (χ3v) is 8.89. The number of fused-ring (bicyclic) bond motifs is 2. The number of carbonyl (C=O) groups excluding carboxylic acids is 2. The molecule has 2 aliphatic heterocycles. The van der Waals surface area contributed by atoms with Gasteiger partial charge in [-0.05, 0) is 60.8 Å². The summed E-state index contributed by atoms with van der Waals surface area (Å²) in [5.74, 6) is -1.23. The molecule has 1 amide bonds. The first-order valence-electron chi connectivity index (χ1n) is 13.7. The third kappa shape index (κ3) is 5.69. The number of nitrogen functional groups attached to an aromatic ring is 1. The molecule has 6 rings (SSSR count). The summed E-state index contributed by atoms with van der Waals surface area (Å²) in [6.45, 7) is 2.34. The highest BCUT2D eigenvalue weighted by molar-refractivity contribution is 7.87. The molecule has 12 heteroatoms. The van der Waals surface area contributed by atoms with E-state index in [0.717, 1.165) is 37.1 Å². The average Bonchev–Trinajstić information content (AvgIpc) is 3.44. The molecule has 4 aromatic rings. The number of nitrogens with two attached hydrogens (primary N) is 1. The number of hydrogen-bond donors (Lipinski definition) is 3. The molecule has 0 unspecified atom stereocenters. The molecule has 0 atom stereocenters. The molecule has 3 aromatic carbocycles. The Morgan fingerprint density at radius 1 is 0.976 bits per heavy atom. The van der Waals surface area contributed by atoms with Crippen LogP contribution >= 0.6 is 0 Å². The number of nitrogens with zero attached hydrogens (tertiary/aromatic N) is 3. The fourth-order valence-corrected chi connectivity index (χ4v) is 6.57. The van der Waals surface area contributed by atoms with Gasteiger partial charge >= 0.3 is 16.1 Å². The maximum Gasteiger partial charge on any atom is 0.342 e. The standard InChI is InChI=1S/C30H30N6O5S/c31-30-34-25-10-9-19(15-24(25)28(35-30)29(38)36-17-20-5-1-2-6-21(20)18-36)23-7-3-4-8-26(23)42(39,40)41-27(37)16-33-22-11-13-32-14-12-22/h1-10,15,22,32-33H,11-14,16-18H2,(H2,31,34,35). The first kappa shape index (κ1) is 27.8. The van der Waals surface area contributed by atoms with Crippen LogP contribution in [0.1, 0.15) is 34.5 Å². The summed E-state index contributed by atoms with van der Waals surface area (Å²) in [7, 11) is -4.45. The Labute approximate surface area is 243 Å². The second-order valence-corrected chi connectivity index (χ2v) is 11.9. The van der Waals surface area contributed by atoms with Crippen molar-refractivity contribution in [3.8, 4) is 11.1 Å². The quantitative estimate of drug-likeness (QED) is 0.275. The SMILES string of the molecule is Nc1nc(C(=O)N2Cc3ccccc3C2)c2cc(-c3ccccc3S(=O)(=O)OC(=O)CNC3CCNCC3)ccc2n1. The molecule has 42 heavy (non-hydrogen) atoms. The van der Waals surface area contributed by atoms with Gasteiger partial charge in [0.15, 0.2) is 0 Å². The molecule has 2 aliphatic rings. The largest absolute Gasteiger partial charge is 0.368 e. The van der Waals surface area contributed by atoms with Gasteiger partial charge in [-0.15, -0.1) is 0 Å².